The van der Waals surface area contributed by atoms with Crippen LogP contribution < -0.4 is 5.56 Å². The van der Waals surface area contributed by atoms with Crippen LogP contribution in [0, 0.1) is 6.92 Å². The number of aromatic amines is 1. The average Bonchev–Trinajstić information content (AvgIpc) is 2.24. The fraction of sp³-hybridized carbons (Fsp3) is 0.692. The number of H-pyrrole nitrogens is 1. The van der Waals surface area contributed by atoms with E-state index in [0.717, 1.165) is 17.7 Å². The molecule has 0 radical (unpaired) electrons. The van der Waals surface area contributed by atoms with E-state index in [4.69, 9.17) is 4.74 Å². The maximum absolute atomic E-state index is 12.0. The lowest BCUT2D eigenvalue weighted by atomic mass is 10.0. The van der Waals surface area contributed by atoms with Crippen molar-refractivity contribution in [2.75, 3.05) is 6.61 Å². The van der Waals surface area contributed by atoms with Crippen LogP contribution >= 0.6 is 0 Å². The zero-order valence-electron chi connectivity index (χ0n) is 11.3. The summed E-state index contributed by atoms with van der Waals surface area (Å²) in [4.78, 5) is 19.3. The van der Waals surface area contributed by atoms with Gasteiger partial charge in [-0.05, 0) is 26.2 Å². The van der Waals surface area contributed by atoms with Crippen LogP contribution in [-0.4, -0.2) is 16.6 Å². The molecule has 1 atom stereocenters. The van der Waals surface area contributed by atoms with Crippen LogP contribution in [0.1, 0.15) is 63.2 Å². The Hall–Kier alpha value is -1.16. The van der Waals surface area contributed by atoms with Gasteiger partial charge in [0.15, 0.2) is 0 Å². The Bertz CT molecular complexity index is 424. The second-order valence-electron chi connectivity index (χ2n) is 4.46. The minimum absolute atomic E-state index is 0.0411. The SMILES string of the molecule is CCOC(CC)c1nc(C)c(C(C)C)c(=O)[nH]1. The van der Waals surface area contributed by atoms with Crippen LogP contribution in [-0.2, 0) is 4.74 Å². The van der Waals surface area contributed by atoms with Gasteiger partial charge in [-0.3, -0.25) is 4.79 Å². The molecule has 0 aliphatic rings. The molecule has 1 N–H and O–H groups in total. The second-order valence-corrected chi connectivity index (χ2v) is 4.46. The van der Waals surface area contributed by atoms with Crippen LogP contribution in [0.5, 0.6) is 0 Å². The number of rotatable bonds is 5. The summed E-state index contributed by atoms with van der Waals surface area (Å²) in [5, 5.41) is 0. The van der Waals surface area contributed by atoms with Crippen LogP contribution in [0.15, 0.2) is 4.79 Å². The molecule has 0 saturated heterocycles. The maximum atomic E-state index is 12.0. The van der Waals surface area contributed by atoms with Crippen LogP contribution in [0.3, 0.4) is 0 Å². The van der Waals surface area contributed by atoms with Crippen molar-refractivity contribution >= 4 is 0 Å². The van der Waals surface area contributed by atoms with Crippen LogP contribution in [0.25, 0.3) is 0 Å². The smallest absolute Gasteiger partial charge is 0.254 e. The van der Waals surface area contributed by atoms with Crippen LogP contribution in [0.2, 0.25) is 0 Å². The summed E-state index contributed by atoms with van der Waals surface area (Å²) >= 11 is 0. The molecule has 0 spiro atoms. The zero-order chi connectivity index (χ0) is 13.0. The van der Waals surface area contributed by atoms with E-state index in [1.165, 1.54) is 0 Å². The Morgan fingerprint density at radius 3 is 2.41 bits per heavy atom. The number of nitrogens with one attached hydrogen (secondary N) is 1. The lowest BCUT2D eigenvalue weighted by Gasteiger charge is -2.16. The molecule has 1 rings (SSSR count). The van der Waals surface area contributed by atoms with Gasteiger partial charge in [-0.2, -0.15) is 0 Å². The molecule has 17 heavy (non-hydrogen) atoms. The van der Waals surface area contributed by atoms with Gasteiger partial charge >= 0.3 is 0 Å². The quantitative estimate of drug-likeness (QED) is 0.858. The lowest BCUT2D eigenvalue weighted by Crippen LogP contribution is -2.22. The number of nitrogens with zero attached hydrogens (tertiary/aromatic N) is 1. The van der Waals surface area contributed by atoms with Gasteiger partial charge in [0.05, 0.1) is 0 Å². The zero-order valence-corrected chi connectivity index (χ0v) is 11.3. The molecule has 0 bridgehead atoms. The van der Waals surface area contributed by atoms with Crippen molar-refractivity contribution in [1.82, 2.24) is 9.97 Å². The maximum Gasteiger partial charge on any atom is 0.254 e. The number of hydrogen-bond acceptors (Lipinski definition) is 3. The van der Waals surface area contributed by atoms with Gasteiger partial charge in [0.1, 0.15) is 11.9 Å². The minimum Gasteiger partial charge on any atom is -0.371 e. The molecule has 1 unspecified atom stereocenters. The van der Waals surface area contributed by atoms with Crippen molar-refractivity contribution in [2.24, 2.45) is 0 Å². The van der Waals surface area contributed by atoms with E-state index in [9.17, 15) is 4.79 Å². The molecule has 0 amide bonds. The summed E-state index contributed by atoms with van der Waals surface area (Å²) in [5.41, 5.74) is 1.53. The third-order valence-electron chi connectivity index (χ3n) is 2.79. The fourth-order valence-corrected chi connectivity index (χ4v) is 2.04. The topological polar surface area (TPSA) is 55.0 Å². The molecular formula is C13H22N2O2. The highest BCUT2D eigenvalue weighted by molar-refractivity contribution is 5.20. The standard InChI is InChI=1S/C13H22N2O2/c1-6-10(17-7-2)12-14-9(5)11(8(3)4)13(16)15-12/h8,10H,6-7H2,1-5H3,(H,14,15,16). The van der Waals surface area contributed by atoms with Gasteiger partial charge < -0.3 is 9.72 Å². The van der Waals surface area contributed by atoms with E-state index in [0.29, 0.717) is 12.4 Å². The van der Waals surface area contributed by atoms with E-state index in [2.05, 4.69) is 9.97 Å². The van der Waals surface area contributed by atoms with Crippen molar-refractivity contribution in [3.63, 3.8) is 0 Å². The molecule has 0 aliphatic carbocycles. The average molecular weight is 238 g/mol. The Kier molecular flexibility index (Phi) is 4.87. The summed E-state index contributed by atoms with van der Waals surface area (Å²) in [5.74, 6) is 0.828. The molecule has 0 fully saturated rings. The van der Waals surface area contributed by atoms with Crippen molar-refractivity contribution < 1.29 is 4.74 Å². The van der Waals surface area contributed by atoms with Gasteiger partial charge in [-0.15, -0.1) is 0 Å². The monoisotopic (exact) mass is 238 g/mol. The number of ether oxygens (including phenoxy) is 1. The first-order valence-corrected chi connectivity index (χ1v) is 6.23. The first kappa shape index (κ1) is 13.9. The number of aromatic nitrogens is 2. The summed E-state index contributed by atoms with van der Waals surface area (Å²) in [6.45, 7) is 10.5. The molecule has 0 aromatic carbocycles. The van der Waals surface area contributed by atoms with E-state index in [1.807, 2.05) is 34.6 Å². The molecular weight excluding hydrogens is 216 g/mol. The van der Waals surface area contributed by atoms with Crippen molar-refractivity contribution in [3.05, 3.63) is 27.4 Å². The Balaban J connectivity index is 3.17. The first-order chi connectivity index (χ1) is 8.01. The molecule has 4 heteroatoms. The van der Waals surface area contributed by atoms with Gasteiger partial charge in [-0.1, -0.05) is 20.8 Å². The summed E-state index contributed by atoms with van der Waals surface area (Å²) in [6.07, 6.45) is 0.685. The third-order valence-corrected chi connectivity index (χ3v) is 2.79. The number of aryl methyl sites for hydroxylation is 1. The predicted octanol–water partition coefficient (Wildman–Crippen LogP) is 2.69. The number of hydrogen-bond donors (Lipinski definition) is 1. The largest absolute Gasteiger partial charge is 0.371 e. The molecule has 4 nitrogen and oxygen atoms in total. The van der Waals surface area contributed by atoms with Crippen molar-refractivity contribution in [3.8, 4) is 0 Å². The van der Waals surface area contributed by atoms with Gasteiger partial charge in [-0.25, -0.2) is 4.98 Å². The Labute approximate surface area is 102 Å². The Morgan fingerprint density at radius 1 is 1.35 bits per heavy atom. The van der Waals surface area contributed by atoms with Crippen molar-refractivity contribution in [1.29, 1.82) is 0 Å². The second kappa shape index (κ2) is 5.96. The highest BCUT2D eigenvalue weighted by atomic mass is 16.5. The lowest BCUT2D eigenvalue weighted by molar-refractivity contribution is 0.0531. The van der Waals surface area contributed by atoms with Crippen LogP contribution in [0.4, 0.5) is 0 Å². The highest BCUT2D eigenvalue weighted by Crippen LogP contribution is 2.19. The third kappa shape index (κ3) is 3.16. The van der Waals surface area contributed by atoms with E-state index < -0.39 is 0 Å². The van der Waals surface area contributed by atoms with E-state index >= 15 is 0 Å². The van der Waals surface area contributed by atoms with Crippen molar-refractivity contribution in [2.45, 2.75) is 53.1 Å². The predicted molar refractivity (Wildman–Crippen MR) is 68.3 cm³/mol. The summed E-state index contributed by atoms with van der Waals surface area (Å²) in [6, 6.07) is 0. The van der Waals surface area contributed by atoms with Gasteiger partial charge in [0.2, 0.25) is 0 Å². The Morgan fingerprint density at radius 2 is 2.00 bits per heavy atom. The molecule has 0 aliphatic heterocycles. The van der Waals surface area contributed by atoms with Gasteiger partial charge in [0.25, 0.3) is 5.56 Å². The minimum atomic E-state index is -0.118. The summed E-state index contributed by atoms with van der Waals surface area (Å²) < 4.78 is 5.55. The molecule has 96 valence electrons. The van der Waals surface area contributed by atoms with E-state index in [-0.39, 0.29) is 17.6 Å². The molecule has 1 heterocycles. The van der Waals surface area contributed by atoms with Gasteiger partial charge in [0, 0.05) is 17.9 Å². The molecule has 1 aromatic heterocycles. The molecule has 1 aromatic rings. The van der Waals surface area contributed by atoms with E-state index in [1.54, 1.807) is 0 Å². The first-order valence-electron chi connectivity index (χ1n) is 6.23. The highest BCUT2D eigenvalue weighted by Gasteiger charge is 2.16. The summed E-state index contributed by atoms with van der Waals surface area (Å²) in [7, 11) is 0. The molecule has 0 saturated carbocycles. The fourth-order valence-electron chi connectivity index (χ4n) is 2.04. The normalized spacial score (nSPS) is 13.1.